The molecular weight excluding hydrogens is 284 g/mol. The fourth-order valence-electron chi connectivity index (χ4n) is 2.47. The van der Waals surface area contributed by atoms with Crippen LogP contribution < -0.4 is 0 Å². The Bertz CT molecular complexity index is 636. The number of fused-ring (bicyclic) bond motifs is 1. The lowest BCUT2D eigenvalue weighted by molar-refractivity contribution is -0.133. The standard InChI is InChI=1S/C16H22N2O2S/c1-4-5-6-12(3)18-14-8-7-11(2)9-13(14)17-16(18)21-10-15(19)20/h7-9,12H,4-6,10H2,1-3H3,(H,19,20). The minimum absolute atomic E-state index is 0.0444. The van der Waals surface area contributed by atoms with E-state index in [0.717, 1.165) is 35.5 Å². The number of aliphatic carboxylic acids is 1. The Hall–Kier alpha value is -1.49. The van der Waals surface area contributed by atoms with Crippen LogP contribution in [0.1, 0.15) is 44.7 Å². The summed E-state index contributed by atoms with van der Waals surface area (Å²) in [6.07, 6.45) is 3.40. The van der Waals surface area contributed by atoms with E-state index in [2.05, 4.69) is 41.6 Å². The van der Waals surface area contributed by atoms with Gasteiger partial charge in [0.05, 0.1) is 16.8 Å². The Balaban J connectivity index is 2.41. The third kappa shape index (κ3) is 3.79. The van der Waals surface area contributed by atoms with Gasteiger partial charge < -0.3 is 9.67 Å². The number of benzene rings is 1. The Morgan fingerprint density at radius 1 is 1.48 bits per heavy atom. The zero-order chi connectivity index (χ0) is 15.4. The topological polar surface area (TPSA) is 55.1 Å². The molecule has 1 aromatic heterocycles. The maximum absolute atomic E-state index is 10.8. The summed E-state index contributed by atoms with van der Waals surface area (Å²) in [4.78, 5) is 15.5. The minimum atomic E-state index is -0.809. The molecule has 2 aromatic rings. The first kappa shape index (κ1) is 15.9. The van der Waals surface area contributed by atoms with Gasteiger partial charge in [0, 0.05) is 6.04 Å². The summed E-state index contributed by atoms with van der Waals surface area (Å²) in [7, 11) is 0. The highest BCUT2D eigenvalue weighted by molar-refractivity contribution is 7.99. The SMILES string of the molecule is CCCCC(C)n1c(SCC(=O)O)nc2cc(C)ccc21. The van der Waals surface area contributed by atoms with Gasteiger partial charge in [0.15, 0.2) is 5.16 Å². The molecule has 5 heteroatoms. The van der Waals surface area contributed by atoms with E-state index < -0.39 is 5.97 Å². The van der Waals surface area contributed by atoms with Crippen molar-refractivity contribution in [2.24, 2.45) is 0 Å². The zero-order valence-corrected chi connectivity index (χ0v) is 13.6. The number of imidazole rings is 1. The molecular formula is C16H22N2O2S. The van der Waals surface area contributed by atoms with Gasteiger partial charge in [0.2, 0.25) is 0 Å². The average molecular weight is 306 g/mol. The fraction of sp³-hybridized carbons (Fsp3) is 0.500. The third-order valence-electron chi connectivity index (χ3n) is 3.55. The molecule has 114 valence electrons. The number of rotatable bonds is 7. The lowest BCUT2D eigenvalue weighted by Crippen LogP contribution is -2.08. The second kappa shape index (κ2) is 6.98. The predicted octanol–water partition coefficient (Wildman–Crippen LogP) is 4.27. The Morgan fingerprint density at radius 2 is 2.24 bits per heavy atom. The average Bonchev–Trinajstić information content (AvgIpc) is 2.79. The number of hydrogen-bond acceptors (Lipinski definition) is 3. The zero-order valence-electron chi connectivity index (χ0n) is 12.8. The van der Waals surface area contributed by atoms with E-state index in [1.54, 1.807) is 0 Å². The van der Waals surface area contributed by atoms with E-state index in [-0.39, 0.29) is 5.75 Å². The van der Waals surface area contributed by atoms with E-state index in [1.165, 1.54) is 17.3 Å². The van der Waals surface area contributed by atoms with Crippen molar-refractivity contribution in [1.82, 2.24) is 9.55 Å². The molecule has 0 aliphatic carbocycles. The highest BCUT2D eigenvalue weighted by Gasteiger charge is 2.17. The molecule has 0 saturated carbocycles. The lowest BCUT2D eigenvalue weighted by atomic mass is 10.1. The van der Waals surface area contributed by atoms with Crippen LogP contribution >= 0.6 is 11.8 Å². The van der Waals surface area contributed by atoms with Crippen molar-refractivity contribution in [3.63, 3.8) is 0 Å². The second-order valence-electron chi connectivity index (χ2n) is 5.43. The molecule has 1 aromatic carbocycles. The van der Waals surface area contributed by atoms with Gasteiger partial charge >= 0.3 is 5.97 Å². The summed E-state index contributed by atoms with van der Waals surface area (Å²) in [6.45, 7) is 6.41. The monoisotopic (exact) mass is 306 g/mol. The largest absolute Gasteiger partial charge is 0.481 e. The highest BCUT2D eigenvalue weighted by atomic mass is 32.2. The summed E-state index contributed by atoms with van der Waals surface area (Å²) in [5.74, 6) is -0.765. The van der Waals surface area contributed by atoms with Crippen molar-refractivity contribution < 1.29 is 9.90 Å². The summed E-state index contributed by atoms with van der Waals surface area (Å²) in [5, 5.41) is 9.71. The Morgan fingerprint density at radius 3 is 2.90 bits per heavy atom. The van der Waals surface area contributed by atoms with E-state index in [4.69, 9.17) is 5.11 Å². The molecule has 21 heavy (non-hydrogen) atoms. The summed E-state index contributed by atoms with van der Waals surface area (Å²) >= 11 is 1.30. The molecule has 1 atom stereocenters. The number of unbranched alkanes of at least 4 members (excludes halogenated alkanes) is 1. The maximum Gasteiger partial charge on any atom is 0.313 e. The molecule has 0 amide bonds. The second-order valence-corrected chi connectivity index (χ2v) is 6.37. The van der Waals surface area contributed by atoms with Gasteiger partial charge in [-0.15, -0.1) is 0 Å². The van der Waals surface area contributed by atoms with Gasteiger partial charge in [-0.25, -0.2) is 4.98 Å². The molecule has 1 N–H and O–H groups in total. The molecule has 0 bridgehead atoms. The first-order valence-electron chi connectivity index (χ1n) is 7.36. The molecule has 1 heterocycles. The van der Waals surface area contributed by atoms with Crippen molar-refractivity contribution in [3.05, 3.63) is 23.8 Å². The van der Waals surface area contributed by atoms with Gasteiger partial charge in [0.25, 0.3) is 0 Å². The number of hydrogen-bond donors (Lipinski definition) is 1. The summed E-state index contributed by atoms with van der Waals surface area (Å²) in [5.41, 5.74) is 3.21. The van der Waals surface area contributed by atoms with Crippen molar-refractivity contribution >= 4 is 28.8 Å². The van der Waals surface area contributed by atoms with Crippen LogP contribution in [0, 0.1) is 6.92 Å². The fourth-order valence-corrected chi connectivity index (χ4v) is 3.30. The van der Waals surface area contributed by atoms with Crippen LogP contribution in [0.25, 0.3) is 11.0 Å². The quantitative estimate of drug-likeness (QED) is 0.776. The molecule has 4 nitrogen and oxygen atoms in total. The molecule has 0 saturated heterocycles. The van der Waals surface area contributed by atoms with Gasteiger partial charge in [0.1, 0.15) is 0 Å². The van der Waals surface area contributed by atoms with Crippen LogP contribution in [-0.4, -0.2) is 26.4 Å². The molecule has 0 aliphatic heterocycles. The van der Waals surface area contributed by atoms with E-state index in [1.807, 2.05) is 6.92 Å². The van der Waals surface area contributed by atoms with E-state index >= 15 is 0 Å². The van der Waals surface area contributed by atoms with Crippen LogP contribution in [0.15, 0.2) is 23.4 Å². The molecule has 0 radical (unpaired) electrons. The van der Waals surface area contributed by atoms with Crippen LogP contribution in [0.4, 0.5) is 0 Å². The number of thioether (sulfide) groups is 1. The molecule has 1 unspecified atom stereocenters. The van der Waals surface area contributed by atoms with Crippen molar-refractivity contribution in [2.45, 2.75) is 51.2 Å². The maximum atomic E-state index is 10.8. The summed E-state index contributed by atoms with van der Waals surface area (Å²) < 4.78 is 2.19. The van der Waals surface area contributed by atoms with Crippen LogP contribution in [0.5, 0.6) is 0 Å². The number of carboxylic acid groups (broad SMARTS) is 1. The highest BCUT2D eigenvalue weighted by Crippen LogP contribution is 2.30. The van der Waals surface area contributed by atoms with Crippen molar-refractivity contribution in [2.75, 3.05) is 5.75 Å². The van der Waals surface area contributed by atoms with Crippen molar-refractivity contribution in [3.8, 4) is 0 Å². The molecule has 0 aliphatic rings. The number of nitrogens with zero attached hydrogens (tertiary/aromatic N) is 2. The van der Waals surface area contributed by atoms with Gasteiger partial charge in [-0.1, -0.05) is 37.6 Å². The van der Waals surface area contributed by atoms with Crippen LogP contribution in [0.3, 0.4) is 0 Å². The number of aryl methyl sites for hydroxylation is 1. The third-order valence-corrected chi connectivity index (χ3v) is 4.49. The smallest absolute Gasteiger partial charge is 0.313 e. The van der Waals surface area contributed by atoms with Gasteiger partial charge in [-0.2, -0.15) is 0 Å². The van der Waals surface area contributed by atoms with E-state index in [9.17, 15) is 4.79 Å². The Labute approximate surface area is 129 Å². The number of carboxylic acids is 1. The minimum Gasteiger partial charge on any atom is -0.481 e. The normalized spacial score (nSPS) is 12.7. The van der Waals surface area contributed by atoms with Gasteiger partial charge in [-0.3, -0.25) is 4.79 Å². The first-order valence-corrected chi connectivity index (χ1v) is 8.34. The lowest BCUT2D eigenvalue weighted by Gasteiger charge is -2.16. The number of carbonyl (C=O) groups is 1. The van der Waals surface area contributed by atoms with Crippen molar-refractivity contribution in [1.29, 1.82) is 0 Å². The first-order chi connectivity index (χ1) is 10.0. The van der Waals surface area contributed by atoms with Crippen LogP contribution in [0.2, 0.25) is 0 Å². The molecule has 2 rings (SSSR count). The molecule has 0 spiro atoms. The predicted molar refractivity (Wildman–Crippen MR) is 87.1 cm³/mol. The molecule has 0 fully saturated rings. The Kier molecular flexibility index (Phi) is 5.28. The van der Waals surface area contributed by atoms with Gasteiger partial charge in [-0.05, 0) is 38.0 Å². The summed E-state index contributed by atoms with van der Waals surface area (Å²) in [6, 6.07) is 6.56. The number of aromatic nitrogens is 2. The van der Waals surface area contributed by atoms with Crippen LogP contribution in [-0.2, 0) is 4.79 Å². The van der Waals surface area contributed by atoms with E-state index in [0.29, 0.717) is 6.04 Å².